The summed E-state index contributed by atoms with van der Waals surface area (Å²) in [5, 5.41) is 42.9. The predicted molar refractivity (Wildman–Crippen MR) is 267 cm³/mol. The molecule has 0 radical (unpaired) electrons. The highest BCUT2D eigenvalue weighted by molar-refractivity contribution is 5.91. The first-order valence-electron chi connectivity index (χ1n) is 27.5. The molecule has 0 spiro atoms. The number of phenolic OH excluding ortho intramolecular Hbond substituents is 1. The molecule has 8 saturated carbocycles. The van der Waals surface area contributed by atoms with E-state index in [1.165, 1.54) is 48.0 Å². The molecule has 68 heavy (non-hydrogen) atoms. The van der Waals surface area contributed by atoms with Gasteiger partial charge in [0.05, 0.1) is 0 Å². The number of terminal acetylenes is 3. The lowest BCUT2D eigenvalue weighted by atomic mass is 9.49. The maximum Gasteiger partial charge on any atom is 0.155 e. The molecule has 0 bridgehead atoms. The Labute approximate surface area is 408 Å². The van der Waals surface area contributed by atoms with Gasteiger partial charge in [0.2, 0.25) is 0 Å². The van der Waals surface area contributed by atoms with Crippen molar-refractivity contribution in [3.05, 3.63) is 52.6 Å². The van der Waals surface area contributed by atoms with Crippen molar-refractivity contribution in [3.63, 3.8) is 0 Å². The van der Waals surface area contributed by atoms with E-state index in [9.17, 15) is 30.0 Å². The fourth-order valence-corrected chi connectivity index (χ4v) is 19.7. The molecule has 1 aromatic rings. The molecule has 1 aromatic carbocycles. The summed E-state index contributed by atoms with van der Waals surface area (Å²) in [6, 6.07) is 5.87. The Kier molecular flexibility index (Phi) is 12.4. The minimum Gasteiger partial charge on any atom is -0.508 e. The van der Waals surface area contributed by atoms with E-state index >= 15 is 0 Å². The van der Waals surface area contributed by atoms with Gasteiger partial charge < -0.3 is 20.4 Å². The highest BCUT2D eigenvalue weighted by atomic mass is 16.3. The Balaban J connectivity index is 0.000000119. The van der Waals surface area contributed by atoms with Gasteiger partial charge in [-0.05, 0) is 242 Å². The smallest absolute Gasteiger partial charge is 0.155 e. The van der Waals surface area contributed by atoms with Crippen molar-refractivity contribution >= 4 is 11.6 Å². The van der Waals surface area contributed by atoms with E-state index in [1.54, 1.807) is 0 Å². The third kappa shape index (κ3) is 7.07. The summed E-state index contributed by atoms with van der Waals surface area (Å²) in [5.41, 5.74) is 2.64. The Morgan fingerprint density at radius 2 is 1.01 bits per heavy atom. The first kappa shape index (κ1) is 48.0. The number of phenols is 1. The third-order valence-corrected chi connectivity index (χ3v) is 23.1. The van der Waals surface area contributed by atoms with Crippen molar-refractivity contribution in [3.8, 4) is 42.8 Å². The van der Waals surface area contributed by atoms with Gasteiger partial charge in [-0.1, -0.05) is 55.7 Å². The Morgan fingerprint density at radius 1 is 0.529 bits per heavy atom. The van der Waals surface area contributed by atoms with Crippen LogP contribution in [0.25, 0.3) is 0 Å². The number of carbonyl (C=O) groups is 2. The number of carbonyl (C=O) groups excluding carboxylic acids is 2. The normalized spacial score (nSPS) is 46.8. The van der Waals surface area contributed by atoms with Crippen LogP contribution in [0.5, 0.6) is 5.75 Å². The Bertz CT molecular complexity index is 2270. The SMILES string of the molecule is C#C[C@]1(O)CC[C@H]2[C@@H]3CCC4=CC(=O)CC[C@@H]4[C@H]3CC[C@@]21CC.C#C[C@]1(O)CC[C@H]2[C@@H]3CCC4=CC(=O)CC[C@@H]4[C@H]3CC[C@@]21CC.C#C[C@]1(O)CC[C@H]2[C@@H]3CCc4cc(O)ccc4[C@H]3CC[C@@]21C. The third-order valence-electron chi connectivity index (χ3n) is 23.1. The van der Waals surface area contributed by atoms with Gasteiger partial charge in [0.25, 0.3) is 0 Å². The molecule has 8 fully saturated rings. The minimum atomic E-state index is -0.919. The predicted octanol–water partition coefficient (Wildman–Crippen LogP) is 11.4. The van der Waals surface area contributed by atoms with Gasteiger partial charge in [0.15, 0.2) is 11.6 Å². The molecule has 0 unspecified atom stereocenters. The molecule has 6 nitrogen and oxygen atoms in total. The number of aryl methyl sites for hydroxylation is 1. The van der Waals surface area contributed by atoms with Crippen LogP contribution in [-0.2, 0) is 16.0 Å². The van der Waals surface area contributed by atoms with Crippen molar-refractivity contribution in [1.29, 1.82) is 0 Å². The van der Waals surface area contributed by atoms with Crippen LogP contribution < -0.4 is 0 Å². The number of rotatable bonds is 2. The number of allylic oxidation sites excluding steroid dienone is 2. The number of hydrogen-bond donors (Lipinski definition) is 4. The number of aliphatic hydroxyl groups is 3. The first-order valence-corrected chi connectivity index (χ1v) is 27.5. The zero-order valence-corrected chi connectivity index (χ0v) is 41.5. The van der Waals surface area contributed by atoms with Crippen LogP contribution in [0.15, 0.2) is 41.5 Å². The lowest BCUT2D eigenvalue weighted by Crippen LogP contribution is -2.53. The number of hydrogen-bond acceptors (Lipinski definition) is 6. The first-order chi connectivity index (χ1) is 32.6. The molecule has 0 amide bonds. The number of fused-ring (bicyclic) bond motifs is 15. The summed E-state index contributed by atoms with van der Waals surface area (Å²) in [6.45, 7) is 6.65. The van der Waals surface area contributed by atoms with Crippen LogP contribution in [0, 0.1) is 112 Å². The van der Waals surface area contributed by atoms with Crippen LogP contribution in [-0.4, -0.2) is 48.8 Å². The van der Waals surface area contributed by atoms with E-state index in [1.807, 2.05) is 24.3 Å². The van der Waals surface area contributed by atoms with Crippen LogP contribution in [0.3, 0.4) is 0 Å². The molecule has 0 aromatic heterocycles. The van der Waals surface area contributed by atoms with Gasteiger partial charge >= 0.3 is 0 Å². The summed E-state index contributed by atoms with van der Waals surface area (Å²) in [6.07, 6.45) is 45.5. The van der Waals surface area contributed by atoms with Crippen LogP contribution in [0.4, 0.5) is 0 Å². The molecule has 0 saturated heterocycles. The van der Waals surface area contributed by atoms with E-state index in [0.717, 1.165) is 128 Å². The van der Waals surface area contributed by atoms with Crippen molar-refractivity contribution < 1.29 is 30.0 Å². The van der Waals surface area contributed by atoms with Crippen LogP contribution in [0.1, 0.15) is 185 Å². The second kappa shape index (κ2) is 17.6. The minimum absolute atomic E-state index is 0.0609. The second-order valence-corrected chi connectivity index (χ2v) is 24.6. The summed E-state index contributed by atoms with van der Waals surface area (Å²) >= 11 is 0. The summed E-state index contributed by atoms with van der Waals surface area (Å²) in [4.78, 5) is 23.5. The summed E-state index contributed by atoms with van der Waals surface area (Å²) < 4.78 is 0. The maximum atomic E-state index is 11.8. The molecule has 0 heterocycles. The van der Waals surface area contributed by atoms with E-state index in [4.69, 9.17) is 19.3 Å². The monoisotopic (exact) mass is 921 g/mol. The van der Waals surface area contributed by atoms with Crippen LogP contribution in [0.2, 0.25) is 0 Å². The Hall–Kier alpha value is -3.60. The molecular weight excluding hydrogens is 841 g/mol. The van der Waals surface area contributed by atoms with Gasteiger partial charge in [-0.15, -0.1) is 19.3 Å². The van der Waals surface area contributed by atoms with Crippen LogP contribution >= 0.6 is 0 Å². The Morgan fingerprint density at radius 3 is 1.51 bits per heavy atom. The van der Waals surface area contributed by atoms with E-state index in [-0.39, 0.29) is 16.2 Å². The van der Waals surface area contributed by atoms with E-state index < -0.39 is 16.8 Å². The second-order valence-electron chi connectivity index (χ2n) is 24.6. The topological polar surface area (TPSA) is 115 Å². The fraction of sp³-hybridized carbons (Fsp3) is 0.710. The molecule has 364 valence electrons. The van der Waals surface area contributed by atoms with Crippen molar-refractivity contribution in [2.45, 2.75) is 198 Å². The number of aromatic hydroxyl groups is 1. The van der Waals surface area contributed by atoms with Gasteiger partial charge in [-0.25, -0.2) is 0 Å². The molecular formula is C62H80O6. The lowest BCUT2D eigenvalue weighted by Gasteiger charge is -2.55. The van der Waals surface area contributed by atoms with Gasteiger partial charge in [0, 0.05) is 29.1 Å². The van der Waals surface area contributed by atoms with Crippen molar-refractivity contribution in [1.82, 2.24) is 0 Å². The van der Waals surface area contributed by atoms with Crippen molar-refractivity contribution in [2.24, 2.45) is 75.4 Å². The van der Waals surface area contributed by atoms with Gasteiger partial charge in [-0.2, -0.15) is 0 Å². The molecule has 11 aliphatic rings. The van der Waals surface area contributed by atoms with Gasteiger partial charge in [0.1, 0.15) is 22.6 Å². The number of benzene rings is 1. The van der Waals surface area contributed by atoms with Crippen molar-refractivity contribution in [2.75, 3.05) is 0 Å². The summed E-state index contributed by atoms with van der Waals surface area (Å²) in [5.74, 6) is 16.3. The average molecular weight is 921 g/mol. The molecule has 6 heteroatoms. The molecule has 17 atom stereocenters. The van der Waals surface area contributed by atoms with E-state index in [0.29, 0.717) is 82.4 Å². The number of ketones is 2. The highest BCUT2D eigenvalue weighted by Gasteiger charge is 2.65. The summed E-state index contributed by atoms with van der Waals surface area (Å²) in [7, 11) is 0. The molecule has 12 rings (SSSR count). The fourth-order valence-electron chi connectivity index (χ4n) is 19.7. The van der Waals surface area contributed by atoms with E-state index in [2.05, 4.69) is 44.6 Å². The highest BCUT2D eigenvalue weighted by Crippen LogP contribution is 2.68. The maximum absolute atomic E-state index is 11.8. The molecule has 11 aliphatic carbocycles. The standard InChI is InChI=1S/2C21H28O2.C20H24O2/c2*1-3-20-11-9-17-16-8-6-15(22)13-14(16)5-7-18(17)19(20)10-12-21(20,23)4-2;1-3-20(22)11-9-18-17-6-4-13-12-14(21)5-7-15(13)16(17)8-10-19(18,20)2/h2*2,13,16-19,23H,3,5-12H2,1H3;1,5,7,12,16-18,21-22H,4,6,8-11H2,2H3/t2*16-,17+,18+,19-,20-,21-;16-,17-,18+,19+,20+/m001/s1. The van der Waals surface area contributed by atoms with Gasteiger partial charge in [-0.3, -0.25) is 9.59 Å². The molecule has 4 N–H and O–H groups in total. The zero-order chi connectivity index (χ0) is 48.0. The average Bonchev–Trinajstić information content (AvgIpc) is 3.95. The molecule has 0 aliphatic heterocycles. The zero-order valence-electron chi connectivity index (χ0n) is 41.5. The largest absolute Gasteiger partial charge is 0.508 e. The quantitative estimate of drug-likeness (QED) is 0.220. The lowest BCUT2D eigenvalue weighted by molar-refractivity contribution is -0.118.